The minimum Gasteiger partial charge on any atom is -0.361 e. The molecular formula is C24H24N4O3S. The van der Waals surface area contributed by atoms with Gasteiger partial charge in [0.1, 0.15) is 11.4 Å². The van der Waals surface area contributed by atoms with E-state index in [1.54, 1.807) is 22.5 Å². The molecule has 0 aliphatic carbocycles. The van der Waals surface area contributed by atoms with Gasteiger partial charge in [-0.3, -0.25) is 14.3 Å². The largest absolute Gasteiger partial charge is 0.361 e. The van der Waals surface area contributed by atoms with E-state index in [2.05, 4.69) is 10.5 Å². The van der Waals surface area contributed by atoms with E-state index in [-0.39, 0.29) is 17.2 Å². The zero-order valence-electron chi connectivity index (χ0n) is 18.4. The molecule has 1 amide bonds. The molecule has 32 heavy (non-hydrogen) atoms. The molecule has 0 saturated carbocycles. The first-order chi connectivity index (χ1) is 15.4. The monoisotopic (exact) mass is 448 g/mol. The third-order valence-electron chi connectivity index (χ3n) is 5.48. The fourth-order valence-electron chi connectivity index (χ4n) is 3.53. The van der Waals surface area contributed by atoms with Gasteiger partial charge in [0, 0.05) is 23.3 Å². The summed E-state index contributed by atoms with van der Waals surface area (Å²) in [7, 11) is 1.80. The van der Waals surface area contributed by atoms with Gasteiger partial charge in [-0.2, -0.15) is 0 Å². The summed E-state index contributed by atoms with van der Waals surface area (Å²) >= 11 is 1.54. The second-order valence-electron chi connectivity index (χ2n) is 7.48. The molecule has 0 aliphatic heterocycles. The predicted molar refractivity (Wildman–Crippen MR) is 126 cm³/mol. The molecule has 4 aromatic rings. The van der Waals surface area contributed by atoms with Gasteiger partial charge in [-0.05, 0) is 45.0 Å². The van der Waals surface area contributed by atoms with Gasteiger partial charge in [0.15, 0.2) is 0 Å². The Morgan fingerprint density at radius 3 is 2.44 bits per heavy atom. The van der Waals surface area contributed by atoms with Crippen molar-refractivity contribution in [2.45, 2.75) is 31.4 Å². The summed E-state index contributed by atoms with van der Waals surface area (Å²) in [6.45, 7) is 5.60. The molecule has 7 nitrogen and oxygen atoms in total. The van der Waals surface area contributed by atoms with Crippen LogP contribution in [0.1, 0.15) is 33.1 Å². The number of para-hydroxylation sites is 1. The molecular weight excluding hydrogens is 424 g/mol. The van der Waals surface area contributed by atoms with Crippen molar-refractivity contribution in [3.8, 4) is 5.69 Å². The van der Waals surface area contributed by atoms with Gasteiger partial charge in [-0.1, -0.05) is 35.5 Å². The van der Waals surface area contributed by atoms with Crippen LogP contribution in [0.3, 0.4) is 0 Å². The van der Waals surface area contributed by atoms with E-state index < -0.39 is 0 Å². The Bertz CT molecular complexity index is 1320. The van der Waals surface area contributed by atoms with Crippen LogP contribution in [0.5, 0.6) is 0 Å². The number of aryl methyl sites for hydroxylation is 2. The molecule has 0 atom stereocenters. The van der Waals surface area contributed by atoms with Crippen molar-refractivity contribution in [3.63, 3.8) is 0 Å². The fourth-order valence-corrected chi connectivity index (χ4v) is 4.73. The molecule has 2 aromatic carbocycles. The van der Waals surface area contributed by atoms with Gasteiger partial charge < -0.3 is 9.84 Å². The average molecular weight is 449 g/mol. The number of benzene rings is 2. The molecule has 4 rings (SSSR count). The second kappa shape index (κ2) is 8.92. The highest BCUT2D eigenvalue weighted by atomic mass is 32.2. The van der Waals surface area contributed by atoms with Gasteiger partial charge >= 0.3 is 0 Å². The lowest BCUT2D eigenvalue weighted by Crippen LogP contribution is -2.23. The molecule has 1 N–H and O–H groups in total. The zero-order valence-corrected chi connectivity index (χ0v) is 19.2. The van der Waals surface area contributed by atoms with Crippen LogP contribution in [0.4, 0.5) is 5.69 Å². The van der Waals surface area contributed by atoms with Gasteiger partial charge in [-0.25, -0.2) is 4.68 Å². The van der Waals surface area contributed by atoms with Gasteiger partial charge in [0.05, 0.1) is 22.6 Å². The van der Waals surface area contributed by atoms with Gasteiger partial charge in [0.25, 0.3) is 11.5 Å². The number of carbonyl (C=O) groups is 1. The van der Waals surface area contributed by atoms with Crippen LogP contribution in [-0.2, 0) is 12.8 Å². The Morgan fingerprint density at radius 1 is 1.06 bits per heavy atom. The summed E-state index contributed by atoms with van der Waals surface area (Å²) in [5.74, 6) is 1.09. The number of anilines is 1. The van der Waals surface area contributed by atoms with Crippen molar-refractivity contribution in [2.75, 3.05) is 5.32 Å². The minimum atomic E-state index is -0.321. The number of carbonyl (C=O) groups excluding carboxylic acids is 1. The highest BCUT2D eigenvalue weighted by Gasteiger charge is 2.20. The van der Waals surface area contributed by atoms with Crippen molar-refractivity contribution >= 4 is 23.4 Å². The molecule has 0 fully saturated rings. The van der Waals surface area contributed by atoms with E-state index in [9.17, 15) is 9.59 Å². The molecule has 2 aromatic heterocycles. The first-order valence-electron chi connectivity index (χ1n) is 10.2. The van der Waals surface area contributed by atoms with Crippen LogP contribution in [-0.4, -0.2) is 20.4 Å². The van der Waals surface area contributed by atoms with Crippen molar-refractivity contribution in [3.05, 3.63) is 93.2 Å². The number of nitrogens with one attached hydrogen (secondary N) is 1. The number of amides is 1. The van der Waals surface area contributed by atoms with Crippen LogP contribution in [0.2, 0.25) is 0 Å². The summed E-state index contributed by atoms with van der Waals surface area (Å²) < 4.78 is 8.52. The standard InChI is InChI=1S/C24H24N4O3S/c1-15-20(17(3)31-26-15)14-32-21-13-9-8-12-19(21)23(29)25-22-16(2)27(4)28(24(22)30)18-10-6-5-7-11-18/h5-13H,14H2,1-4H3,(H,25,29). The average Bonchev–Trinajstić information content (AvgIpc) is 3.23. The molecule has 8 heteroatoms. The number of rotatable bonds is 6. The van der Waals surface area contributed by atoms with Gasteiger partial charge in [-0.15, -0.1) is 11.8 Å². The number of hydrogen-bond donors (Lipinski definition) is 1. The first kappa shape index (κ1) is 21.7. The van der Waals surface area contributed by atoms with E-state index in [0.717, 1.165) is 27.6 Å². The minimum absolute atomic E-state index is 0.270. The van der Waals surface area contributed by atoms with E-state index in [0.29, 0.717) is 17.0 Å². The lowest BCUT2D eigenvalue weighted by atomic mass is 10.2. The van der Waals surface area contributed by atoms with E-state index in [4.69, 9.17) is 4.52 Å². The Balaban J connectivity index is 1.61. The Labute approximate surface area is 190 Å². The molecule has 164 valence electrons. The van der Waals surface area contributed by atoms with Crippen molar-refractivity contribution in [1.82, 2.24) is 14.5 Å². The van der Waals surface area contributed by atoms with Crippen LogP contribution < -0.4 is 10.9 Å². The maximum atomic E-state index is 13.2. The summed E-state index contributed by atoms with van der Waals surface area (Å²) in [5, 5.41) is 6.83. The lowest BCUT2D eigenvalue weighted by Gasteiger charge is -2.09. The SMILES string of the molecule is Cc1noc(C)c1CSc1ccccc1C(=O)Nc1c(C)n(C)n(-c2ccccc2)c1=O. The maximum absolute atomic E-state index is 13.2. The second-order valence-corrected chi connectivity index (χ2v) is 8.50. The summed E-state index contributed by atoms with van der Waals surface area (Å²) in [6, 6.07) is 16.7. The van der Waals surface area contributed by atoms with E-state index in [1.165, 1.54) is 11.8 Å². The summed E-state index contributed by atoms with van der Waals surface area (Å²) in [6.07, 6.45) is 0. The topological polar surface area (TPSA) is 82.1 Å². The summed E-state index contributed by atoms with van der Waals surface area (Å²) in [4.78, 5) is 27.1. The molecule has 0 saturated heterocycles. The quantitative estimate of drug-likeness (QED) is 0.435. The molecule has 0 spiro atoms. The number of thioether (sulfide) groups is 1. The normalized spacial score (nSPS) is 11.0. The van der Waals surface area contributed by atoms with Crippen LogP contribution in [0.25, 0.3) is 5.69 Å². The molecule has 0 unspecified atom stereocenters. The molecule has 0 bridgehead atoms. The highest BCUT2D eigenvalue weighted by molar-refractivity contribution is 7.98. The smallest absolute Gasteiger partial charge is 0.295 e. The number of hydrogen-bond acceptors (Lipinski definition) is 5. The fraction of sp³-hybridized carbons (Fsp3) is 0.208. The van der Waals surface area contributed by atoms with Crippen LogP contribution in [0.15, 0.2) is 68.8 Å². The first-order valence-corrected chi connectivity index (χ1v) is 11.2. The molecule has 2 heterocycles. The third kappa shape index (κ3) is 4.01. The van der Waals surface area contributed by atoms with Crippen LogP contribution in [0, 0.1) is 20.8 Å². The van der Waals surface area contributed by atoms with Crippen molar-refractivity contribution < 1.29 is 9.32 Å². The molecule has 0 aliphatic rings. The summed E-state index contributed by atoms with van der Waals surface area (Å²) in [5.41, 5.74) is 3.79. The third-order valence-corrected chi connectivity index (χ3v) is 6.58. The Morgan fingerprint density at radius 2 is 1.75 bits per heavy atom. The highest BCUT2D eigenvalue weighted by Crippen LogP contribution is 2.29. The predicted octanol–water partition coefficient (Wildman–Crippen LogP) is 4.63. The Hall–Kier alpha value is -3.52. The lowest BCUT2D eigenvalue weighted by molar-refractivity contribution is 0.102. The van der Waals surface area contributed by atoms with Crippen LogP contribution >= 0.6 is 11.8 Å². The van der Waals surface area contributed by atoms with E-state index in [1.807, 2.05) is 69.3 Å². The van der Waals surface area contributed by atoms with E-state index >= 15 is 0 Å². The van der Waals surface area contributed by atoms with Gasteiger partial charge in [0.2, 0.25) is 0 Å². The maximum Gasteiger partial charge on any atom is 0.295 e. The Kier molecular flexibility index (Phi) is 6.05. The zero-order chi connectivity index (χ0) is 22.8. The van der Waals surface area contributed by atoms with Crippen molar-refractivity contribution in [2.24, 2.45) is 7.05 Å². The van der Waals surface area contributed by atoms with Crippen molar-refractivity contribution in [1.29, 1.82) is 0 Å². The number of nitrogens with zero attached hydrogens (tertiary/aromatic N) is 3. The number of aromatic nitrogens is 3. The molecule has 0 radical (unpaired) electrons.